The lowest BCUT2D eigenvalue weighted by Crippen LogP contribution is -2.56. The van der Waals surface area contributed by atoms with Gasteiger partial charge in [0.25, 0.3) is 5.91 Å². The molecule has 2 N–H and O–H groups in total. The average molecular weight is 428 g/mol. The molecule has 3 amide bonds. The van der Waals surface area contributed by atoms with E-state index in [0.717, 1.165) is 11.1 Å². The number of rotatable bonds is 3. The van der Waals surface area contributed by atoms with Crippen molar-refractivity contribution in [3.05, 3.63) is 57.8 Å². The van der Waals surface area contributed by atoms with Crippen molar-refractivity contribution >= 4 is 40.8 Å². The summed E-state index contributed by atoms with van der Waals surface area (Å²) in [4.78, 5) is 25.4. The number of hydrogen-bond acceptors (Lipinski definition) is 3. The fourth-order valence-electron chi connectivity index (χ4n) is 2.36. The highest BCUT2D eigenvalue weighted by atomic mass is 35.5. The molecular formula is C19H20Cl2FN3O3. The van der Waals surface area contributed by atoms with Gasteiger partial charge in [-0.25, -0.2) is 19.6 Å². The summed E-state index contributed by atoms with van der Waals surface area (Å²) in [5.74, 6) is -0.793. The topological polar surface area (TPSA) is 70.7 Å². The molecule has 150 valence electrons. The van der Waals surface area contributed by atoms with Gasteiger partial charge in [0.05, 0.1) is 18.3 Å². The number of urea groups is 1. The molecule has 2 aromatic rings. The van der Waals surface area contributed by atoms with E-state index < -0.39 is 23.3 Å². The Balaban J connectivity index is 2.26. The van der Waals surface area contributed by atoms with E-state index in [2.05, 4.69) is 10.7 Å². The Morgan fingerprint density at radius 3 is 2.21 bits per heavy atom. The molecule has 0 heterocycles. The number of methoxy groups -OCH3 is 1. The first kappa shape index (κ1) is 21.8. The number of carbonyl (C=O) groups excluding carboxylic acids is 2. The number of nitrogens with zero attached hydrogens (tertiary/aromatic N) is 1. The maximum Gasteiger partial charge on any atom is 0.338 e. The molecule has 9 heteroatoms. The number of ether oxygens (including phenoxy) is 1. The third kappa shape index (κ3) is 5.50. The molecule has 0 saturated heterocycles. The van der Waals surface area contributed by atoms with Gasteiger partial charge in [-0.05, 0) is 51.1 Å². The normalized spacial score (nSPS) is 11.0. The summed E-state index contributed by atoms with van der Waals surface area (Å²) in [6.45, 7) is 5.21. The Kier molecular flexibility index (Phi) is 6.74. The van der Waals surface area contributed by atoms with Gasteiger partial charge in [-0.15, -0.1) is 0 Å². The quantitative estimate of drug-likeness (QED) is 0.667. The van der Waals surface area contributed by atoms with E-state index in [-0.39, 0.29) is 17.0 Å². The molecule has 28 heavy (non-hydrogen) atoms. The Labute approximate surface area is 172 Å². The Bertz CT molecular complexity index is 880. The molecule has 0 unspecified atom stereocenters. The molecule has 0 saturated carbocycles. The number of nitrogens with one attached hydrogen (secondary N) is 2. The first-order valence-electron chi connectivity index (χ1n) is 8.23. The molecule has 0 radical (unpaired) electrons. The smallest absolute Gasteiger partial charge is 0.338 e. The Hall–Kier alpha value is -2.51. The average Bonchev–Trinajstić information content (AvgIpc) is 2.57. The Morgan fingerprint density at radius 2 is 1.68 bits per heavy atom. The zero-order valence-corrected chi connectivity index (χ0v) is 17.3. The van der Waals surface area contributed by atoms with Crippen molar-refractivity contribution in [2.75, 3.05) is 12.4 Å². The van der Waals surface area contributed by atoms with Crippen LogP contribution in [0.25, 0.3) is 0 Å². The van der Waals surface area contributed by atoms with Gasteiger partial charge in [0, 0.05) is 21.7 Å². The van der Waals surface area contributed by atoms with Crippen molar-refractivity contribution in [3.63, 3.8) is 0 Å². The van der Waals surface area contributed by atoms with Gasteiger partial charge in [0.1, 0.15) is 11.6 Å². The van der Waals surface area contributed by atoms with Gasteiger partial charge in [0.15, 0.2) is 0 Å². The van der Waals surface area contributed by atoms with E-state index in [1.165, 1.54) is 37.4 Å². The van der Waals surface area contributed by atoms with Crippen molar-refractivity contribution in [2.45, 2.75) is 26.3 Å². The predicted molar refractivity (Wildman–Crippen MR) is 107 cm³/mol. The standard InChI is InChI=1S/C19H20Cl2FN3O3/c1-19(2,3)25(17(26)11-7-12(20)9-13(21)8-11)24-18(27)23-15-10-14(22)5-6-16(15)28-4/h5-10H,1-4H3,(H2,23,24,27). The fourth-order valence-corrected chi connectivity index (χ4v) is 2.89. The van der Waals surface area contributed by atoms with Gasteiger partial charge in [-0.2, -0.15) is 0 Å². The number of anilines is 1. The zero-order valence-electron chi connectivity index (χ0n) is 15.8. The van der Waals surface area contributed by atoms with Gasteiger partial charge in [-0.3, -0.25) is 4.79 Å². The molecule has 6 nitrogen and oxygen atoms in total. The molecule has 0 aliphatic heterocycles. The highest BCUT2D eigenvalue weighted by molar-refractivity contribution is 6.35. The summed E-state index contributed by atoms with van der Waals surface area (Å²) < 4.78 is 18.6. The molecule has 0 fully saturated rings. The molecule has 0 aliphatic rings. The highest BCUT2D eigenvalue weighted by Gasteiger charge is 2.30. The van der Waals surface area contributed by atoms with E-state index in [1.54, 1.807) is 20.8 Å². The summed E-state index contributed by atoms with van der Waals surface area (Å²) in [6.07, 6.45) is 0. The number of hydrogen-bond donors (Lipinski definition) is 2. The van der Waals surface area contributed by atoms with E-state index in [0.29, 0.717) is 10.0 Å². The number of carbonyl (C=O) groups is 2. The van der Waals surface area contributed by atoms with Crippen molar-refractivity contribution in [2.24, 2.45) is 0 Å². The number of benzene rings is 2. The largest absolute Gasteiger partial charge is 0.495 e. The van der Waals surface area contributed by atoms with Crippen LogP contribution in [0.2, 0.25) is 10.0 Å². The second kappa shape index (κ2) is 8.67. The highest BCUT2D eigenvalue weighted by Crippen LogP contribution is 2.25. The van der Waals surface area contributed by atoms with E-state index in [1.807, 2.05) is 0 Å². The third-order valence-corrected chi connectivity index (χ3v) is 4.04. The predicted octanol–water partition coefficient (Wildman–Crippen LogP) is 5.12. The van der Waals surface area contributed by atoms with Crippen LogP contribution in [0, 0.1) is 5.82 Å². The monoisotopic (exact) mass is 427 g/mol. The van der Waals surface area contributed by atoms with Crippen molar-refractivity contribution < 1.29 is 18.7 Å². The van der Waals surface area contributed by atoms with Crippen LogP contribution < -0.4 is 15.5 Å². The third-order valence-electron chi connectivity index (χ3n) is 3.61. The summed E-state index contributed by atoms with van der Waals surface area (Å²) in [5.41, 5.74) is 2.02. The lowest BCUT2D eigenvalue weighted by atomic mass is 10.1. The summed E-state index contributed by atoms with van der Waals surface area (Å²) in [5, 5.41) is 4.19. The minimum absolute atomic E-state index is 0.118. The number of halogens is 3. The van der Waals surface area contributed by atoms with Crippen LogP contribution in [0.5, 0.6) is 5.75 Å². The van der Waals surface area contributed by atoms with Gasteiger partial charge < -0.3 is 10.1 Å². The second-order valence-corrected chi connectivity index (χ2v) is 7.75. The van der Waals surface area contributed by atoms with Gasteiger partial charge >= 0.3 is 6.03 Å². The van der Waals surface area contributed by atoms with E-state index in [9.17, 15) is 14.0 Å². The van der Waals surface area contributed by atoms with Gasteiger partial charge in [0.2, 0.25) is 0 Å². The molecule has 2 rings (SSSR count). The molecule has 0 atom stereocenters. The SMILES string of the molecule is COc1ccc(F)cc1NC(=O)NN(C(=O)c1cc(Cl)cc(Cl)c1)C(C)(C)C. The molecule has 0 aromatic heterocycles. The fraction of sp³-hybridized carbons (Fsp3) is 0.263. The maximum atomic E-state index is 13.5. The van der Waals surface area contributed by atoms with Crippen LogP contribution >= 0.6 is 23.2 Å². The van der Waals surface area contributed by atoms with Crippen LogP contribution in [0.3, 0.4) is 0 Å². The molecule has 0 spiro atoms. The number of amides is 3. The van der Waals surface area contributed by atoms with Crippen LogP contribution in [-0.4, -0.2) is 29.6 Å². The molecular weight excluding hydrogens is 408 g/mol. The van der Waals surface area contributed by atoms with Crippen LogP contribution in [0.1, 0.15) is 31.1 Å². The van der Waals surface area contributed by atoms with Crippen molar-refractivity contribution in [1.29, 1.82) is 0 Å². The first-order valence-corrected chi connectivity index (χ1v) is 8.98. The summed E-state index contributed by atoms with van der Waals surface area (Å²) in [6, 6.07) is 7.34. The second-order valence-electron chi connectivity index (χ2n) is 6.88. The minimum atomic E-state index is -0.782. The van der Waals surface area contributed by atoms with Crippen molar-refractivity contribution in [1.82, 2.24) is 10.4 Å². The first-order chi connectivity index (χ1) is 13.0. The minimum Gasteiger partial charge on any atom is -0.495 e. The van der Waals surface area contributed by atoms with Crippen molar-refractivity contribution in [3.8, 4) is 5.75 Å². The molecule has 0 bridgehead atoms. The maximum absolute atomic E-state index is 13.5. The summed E-state index contributed by atoms with van der Waals surface area (Å²) in [7, 11) is 1.39. The number of hydrazine groups is 1. The molecule has 2 aromatic carbocycles. The van der Waals surface area contributed by atoms with E-state index in [4.69, 9.17) is 27.9 Å². The van der Waals surface area contributed by atoms with Crippen LogP contribution in [-0.2, 0) is 0 Å². The Morgan fingerprint density at radius 1 is 1.07 bits per heavy atom. The zero-order chi connectivity index (χ0) is 21.1. The van der Waals surface area contributed by atoms with Crippen LogP contribution in [0.4, 0.5) is 14.9 Å². The van der Waals surface area contributed by atoms with E-state index >= 15 is 0 Å². The molecule has 0 aliphatic carbocycles. The lowest BCUT2D eigenvalue weighted by molar-refractivity contribution is 0.0460. The van der Waals surface area contributed by atoms with Crippen LogP contribution in [0.15, 0.2) is 36.4 Å². The lowest BCUT2D eigenvalue weighted by Gasteiger charge is -2.35. The van der Waals surface area contributed by atoms with Gasteiger partial charge in [-0.1, -0.05) is 23.2 Å². The summed E-state index contributed by atoms with van der Waals surface area (Å²) >= 11 is 11.9.